The average molecular weight is 313 g/mol. The van der Waals surface area contributed by atoms with Gasteiger partial charge in [0.2, 0.25) is 5.88 Å². The molecule has 0 aliphatic rings. The van der Waals surface area contributed by atoms with Crippen molar-refractivity contribution in [3.8, 4) is 11.6 Å². The van der Waals surface area contributed by atoms with E-state index in [1.807, 2.05) is 18.2 Å². The van der Waals surface area contributed by atoms with Gasteiger partial charge in [-0.2, -0.15) is 0 Å². The minimum Gasteiger partial charge on any atom is -0.507 e. The average Bonchev–Trinajstić information content (AvgIpc) is 2.59. The third-order valence-electron chi connectivity index (χ3n) is 3.95. The molecule has 0 saturated heterocycles. The van der Waals surface area contributed by atoms with Crippen LogP contribution in [0.1, 0.15) is 56.2 Å². The molecule has 1 N–H and O–H groups in total. The molecule has 124 valence electrons. The molecule has 0 bridgehead atoms. The summed E-state index contributed by atoms with van der Waals surface area (Å²) in [6.07, 6.45) is 7.98. The van der Waals surface area contributed by atoms with E-state index in [9.17, 15) is 5.11 Å². The molecule has 0 aliphatic heterocycles. The van der Waals surface area contributed by atoms with Gasteiger partial charge in [-0.1, -0.05) is 32.8 Å². The van der Waals surface area contributed by atoms with E-state index in [-0.39, 0.29) is 0 Å². The lowest BCUT2D eigenvalue weighted by Crippen LogP contribution is -2.01. The van der Waals surface area contributed by atoms with Crippen molar-refractivity contribution in [2.24, 2.45) is 0 Å². The zero-order chi connectivity index (χ0) is 16.5. The third-order valence-corrected chi connectivity index (χ3v) is 3.95. The van der Waals surface area contributed by atoms with Crippen LogP contribution in [0.25, 0.3) is 0 Å². The number of hydrogen-bond acceptors (Lipinski definition) is 3. The van der Waals surface area contributed by atoms with Crippen LogP contribution in [0.2, 0.25) is 0 Å². The van der Waals surface area contributed by atoms with E-state index < -0.39 is 0 Å². The maximum Gasteiger partial charge on any atom is 0.213 e. The summed E-state index contributed by atoms with van der Waals surface area (Å²) in [7, 11) is 0. The molecular weight excluding hydrogens is 286 g/mol. The standard InChI is InChI=1S/C20H27NO2/c1-3-5-9-17-13-16(14-18(20(17)22)10-6-4-2)15-23-19-11-7-8-12-21-19/h7-8,11-14,22H,3-6,9-10,15H2,1-2H3. The third kappa shape index (κ3) is 5.27. The van der Waals surface area contributed by atoms with Crippen LogP contribution in [-0.2, 0) is 19.4 Å². The summed E-state index contributed by atoms with van der Waals surface area (Å²) < 4.78 is 5.76. The second-order valence-corrected chi connectivity index (χ2v) is 5.93. The number of phenolic OH excluding ortho intramolecular Hbond substituents is 1. The lowest BCUT2D eigenvalue weighted by Gasteiger charge is -2.13. The largest absolute Gasteiger partial charge is 0.507 e. The predicted octanol–water partition coefficient (Wildman–Crippen LogP) is 5.05. The summed E-state index contributed by atoms with van der Waals surface area (Å²) in [4.78, 5) is 4.18. The first-order valence-electron chi connectivity index (χ1n) is 8.62. The summed E-state index contributed by atoms with van der Waals surface area (Å²) in [6, 6.07) is 9.79. The number of ether oxygens (including phenoxy) is 1. The predicted molar refractivity (Wildman–Crippen MR) is 93.9 cm³/mol. The van der Waals surface area contributed by atoms with Gasteiger partial charge < -0.3 is 9.84 Å². The van der Waals surface area contributed by atoms with Crippen molar-refractivity contribution >= 4 is 0 Å². The molecule has 0 amide bonds. The van der Waals surface area contributed by atoms with E-state index in [1.165, 1.54) is 0 Å². The number of aromatic nitrogens is 1. The van der Waals surface area contributed by atoms with Gasteiger partial charge in [-0.05, 0) is 60.6 Å². The highest BCUT2D eigenvalue weighted by atomic mass is 16.5. The van der Waals surface area contributed by atoms with Crippen LogP contribution in [0.4, 0.5) is 0 Å². The lowest BCUT2D eigenvalue weighted by atomic mass is 9.97. The molecular formula is C20H27NO2. The monoisotopic (exact) mass is 313 g/mol. The van der Waals surface area contributed by atoms with Crippen LogP contribution in [0.3, 0.4) is 0 Å². The zero-order valence-corrected chi connectivity index (χ0v) is 14.2. The number of hydrogen-bond donors (Lipinski definition) is 1. The Morgan fingerprint density at radius 3 is 2.17 bits per heavy atom. The molecule has 2 aromatic rings. The van der Waals surface area contributed by atoms with E-state index >= 15 is 0 Å². The summed E-state index contributed by atoms with van der Waals surface area (Å²) in [5.41, 5.74) is 3.19. The van der Waals surface area contributed by atoms with E-state index in [2.05, 4.69) is 31.0 Å². The first kappa shape index (κ1) is 17.3. The molecule has 1 aromatic heterocycles. The lowest BCUT2D eigenvalue weighted by molar-refractivity contribution is 0.293. The molecule has 23 heavy (non-hydrogen) atoms. The first-order valence-corrected chi connectivity index (χ1v) is 8.62. The molecule has 1 heterocycles. The van der Waals surface area contributed by atoms with Gasteiger partial charge in [-0.25, -0.2) is 4.98 Å². The number of phenols is 1. The van der Waals surface area contributed by atoms with Crippen LogP contribution in [-0.4, -0.2) is 10.1 Å². The minimum absolute atomic E-state index is 0.480. The Bertz CT molecular complexity index is 567. The second-order valence-electron chi connectivity index (χ2n) is 5.93. The molecule has 0 aliphatic carbocycles. The Morgan fingerprint density at radius 1 is 1.00 bits per heavy atom. The van der Waals surface area contributed by atoms with Crippen molar-refractivity contribution in [3.63, 3.8) is 0 Å². The van der Waals surface area contributed by atoms with Gasteiger partial charge in [-0.15, -0.1) is 0 Å². The Morgan fingerprint density at radius 2 is 1.65 bits per heavy atom. The molecule has 3 heteroatoms. The van der Waals surface area contributed by atoms with Gasteiger partial charge in [0.15, 0.2) is 0 Å². The summed E-state index contributed by atoms with van der Waals surface area (Å²) in [5, 5.41) is 10.5. The fourth-order valence-corrected chi connectivity index (χ4v) is 2.62. The number of aromatic hydroxyl groups is 1. The maximum atomic E-state index is 10.5. The molecule has 0 spiro atoms. The van der Waals surface area contributed by atoms with Gasteiger partial charge >= 0.3 is 0 Å². The molecule has 1 aromatic carbocycles. The van der Waals surface area contributed by atoms with Crippen LogP contribution in [0, 0.1) is 0 Å². The Hall–Kier alpha value is -2.03. The van der Waals surface area contributed by atoms with Gasteiger partial charge in [0.25, 0.3) is 0 Å². The molecule has 0 unspecified atom stereocenters. The van der Waals surface area contributed by atoms with E-state index in [4.69, 9.17) is 4.74 Å². The van der Waals surface area contributed by atoms with E-state index in [1.54, 1.807) is 6.20 Å². The SMILES string of the molecule is CCCCc1cc(COc2ccccn2)cc(CCCC)c1O. The van der Waals surface area contributed by atoms with E-state index in [0.717, 1.165) is 55.2 Å². The highest BCUT2D eigenvalue weighted by Crippen LogP contribution is 2.28. The number of benzene rings is 1. The molecule has 0 radical (unpaired) electrons. The Labute approximate surface area is 139 Å². The summed E-state index contributed by atoms with van der Waals surface area (Å²) in [5.74, 6) is 1.11. The van der Waals surface area contributed by atoms with Crippen molar-refractivity contribution in [1.82, 2.24) is 4.98 Å². The fourth-order valence-electron chi connectivity index (χ4n) is 2.62. The summed E-state index contributed by atoms with van der Waals surface area (Å²) >= 11 is 0. The molecule has 0 atom stereocenters. The molecule has 3 nitrogen and oxygen atoms in total. The molecule has 2 rings (SSSR count). The van der Waals surface area contributed by atoms with E-state index in [0.29, 0.717) is 18.2 Å². The summed E-state index contributed by atoms with van der Waals surface area (Å²) in [6.45, 7) is 4.82. The van der Waals surface area contributed by atoms with Gasteiger partial charge in [0.1, 0.15) is 12.4 Å². The van der Waals surface area contributed by atoms with Gasteiger partial charge in [0.05, 0.1) is 0 Å². The topological polar surface area (TPSA) is 42.4 Å². The molecule has 0 fully saturated rings. The van der Waals surface area contributed by atoms with Gasteiger partial charge in [0, 0.05) is 12.3 Å². The first-order chi connectivity index (χ1) is 11.2. The van der Waals surface area contributed by atoms with Crippen LogP contribution in [0.5, 0.6) is 11.6 Å². The minimum atomic E-state index is 0.480. The highest BCUT2D eigenvalue weighted by Gasteiger charge is 2.10. The van der Waals surface area contributed by atoms with Crippen molar-refractivity contribution in [2.75, 3.05) is 0 Å². The second kappa shape index (κ2) is 9.19. The van der Waals surface area contributed by atoms with Crippen LogP contribution < -0.4 is 4.74 Å². The smallest absolute Gasteiger partial charge is 0.213 e. The number of unbranched alkanes of at least 4 members (excludes halogenated alkanes) is 2. The van der Waals surface area contributed by atoms with Crippen LogP contribution in [0.15, 0.2) is 36.5 Å². The van der Waals surface area contributed by atoms with Crippen LogP contribution >= 0.6 is 0 Å². The van der Waals surface area contributed by atoms with Crippen molar-refractivity contribution in [1.29, 1.82) is 0 Å². The highest BCUT2D eigenvalue weighted by molar-refractivity contribution is 5.44. The zero-order valence-electron chi connectivity index (χ0n) is 14.2. The Kier molecular flexibility index (Phi) is 6.92. The maximum absolute atomic E-state index is 10.5. The fraction of sp³-hybridized carbons (Fsp3) is 0.450. The quantitative estimate of drug-likeness (QED) is 0.704. The number of rotatable bonds is 9. The van der Waals surface area contributed by atoms with Crippen molar-refractivity contribution < 1.29 is 9.84 Å². The van der Waals surface area contributed by atoms with Gasteiger partial charge in [-0.3, -0.25) is 0 Å². The number of nitrogens with zero attached hydrogens (tertiary/aromatic N) is 1. The number of aryl methyl sites for hydroxylation is 2. The number of pyridine rings is 1. The normalized spacial score (nSPS) is 10.7. The van der Waals surface area contributed by atoms with Crippen molar-refractivity contribution in [3.05, 3.63) is 53.2 Å². The Balaban J connectivity index is 2.16. The molecule has 0 saturated carbocycles. The van der Waals surface area contributed by atoms with Crippen molar-refractivity contribution in [2.45, 2.75) is 59.0 Å².